The summed E-state index contributed by atoms with van der Waals surface area (Å²) in [6, 6.07) is 14.6. The number of aromatic nitrogens is 3. The first-order valence-electron chi connectivity index (χ1n) is 6.26. The van der Waals surface area contributed by atoms with E-state index in [0.717, 1.165) is 5.69 Å². The predicted octanol–water partition coefficient (Wildman–Crippen LogP) is 2.28. The fourth-order valence-electron chi connectivity index (χ4n) is 2.28. The minimum atomic E-state index is -0.0681. The van der Waals surface area contributed by atoms with Gasteiger partial charge in [0, 0.05) is 0 Å². The SMILES string of the molecule is Cc1c(CO)nnn1Cc1cccc2ccccc12. The Hall–Kier alpha value is -2.20. The van der Waals surface area contributed by atoms with Crippen LogP contribution in [0.5, 0.6) is 0 Å². The van der Waals surface area contributed by atoms with Crippen LogP contribution in [0, 0.1) is 6.92 Å². The highest BCUT2D eigenvalue weighted by atomic mass is 16.3. The van der Waals surface area contributed by atoms with Crippen molar-refractivity contribution in [3.63, 3.8) is 0 Å². The normalized spacial score (nSPS) is 11.1. The van der Waals surface area contributed by atoms with E-state index in [9.17, 15) is 0 Å². The van der Waals surface area contributed by atoms with Crippen LogP contribution in [0.4, 0.5) is 0 Å². The van der Waals surface area contributed by atoms with E-state index < -0.39 is 0 Å². The van der Waals surface area contributed by atoms with Gasteiger partial charge in [0.1, 0.15) is 5.69 Å². The summed E-state index contributed by atoms with van der Waals surface area (Å²) in [6.45, 7) is 2.53. The summed E-state index contributed by atoms with van der Waals surface area (Å²) in [4.78, 5) is 0. The molecule has 0 saturated heterocycles. The molecule has 0 aliphatic rings. The second-order valence-corrected chi connectivity index (χ2v) is 4.58. The van der Waals surface area contributed by atoms with Crippen molar-refractivity contribution < 1.29 is 5.11 Å². The van der Waals surface area contributed by atoms with E-state index in [1.54, 1.807) is 0 Å². The van der Waals surface area contributed by atoms with Gasteiger partial charge in [0.25, 0.3) is 0 Å². The van der Waals surface area contributed by atoms with Crippen molar-refractivity contribution in [3.05, 3.63) is 59.4 Å². The molecule has 0 spiro atoms. The molecule has 0 radical (unpaired) electrons. The zero-order chi connectivity index (χ0) is 13.2. The molecular weight excluding hydrogens is 238 g/mol. The standard InChI is InChI=1S/C15H15N3O/c1-11-15(10-19)16-17-18(11)9-13-7-4-6-12-5-2-3-8-14(12)13/h2-8,19H,9-10H2,1H3. The molecule has 19 heavy (non-hydrogen) atoms. The Balaban J connectivity index is 2.03. The van der Waals surface area contributed by atoms with E-state index in [1.165, 1.54) is 16.3 Å². The average Bonchev–Trinajstić information content (AvgIpc) is 2.80. The lowest BCUT2D eigenvalue weighted by Gasteiger charge is -2.07. The molecule has 3 aromatic rings. The second kappa shape index (κ2) is 4.82. The van der Waals surface area contributed by atoms with Gasteiger partial charge >= 0.3 is 0 Å². The molecule has 0 saturated carbocycles. The lowest BCUT2D eigenvalue weighted by atomic mass is 10.0. The van der Waals surface area contributed by atoms with Crippen LogP contribution in [-0.2, 0) is 13.2 Å². The van der Waals surface area contributed by atoms with E-state index in [2.05, 4.69) is 40.6 Å². The first kappa shape index (κ1) is 11.9. The lowest BCUT2D eigenvalue weighted by Crippen LogP contribution is -2.05. The average molecular weight is 253 g/mol. The van der Waals surface area contributed by atoms with Gasteiger partial charge in [-0.2, -0.15) is 0 Å². The highest BCUT2D eigenvalue weighted by Gasteiger charge is 2.09. The second-order valence-electron chi connectivity index (χ2n) is 4.58. The molecule has 4 heteroatoms. The van der Waals surface area contributed by atoms with Crippen molar-refractivity contribution in [2.24, 2.45) is 0 Å². The van der Waals surface area contributed by atoms with Crippen LogP contribution in [0.25, 0.3) is 10.8 Å². The smallest absolute Gasteiger partial charge is 0.111 e. The summed E-state index contributed by atoms with van der Waals surface area (Å²) in [5, 5.41) is 19.7. The number of rotatable bonds is 3. The molecule has 1 N–H and O–H groups in total. The van der Waals surface area contributed by atoms with Gasteiger partial charge in [0.2, 0.25) is 0 Å². The zero-order valence-electron chi connectivity index (χ0n) is 10.7. The molecule has 3 rings (SSSR count). The van der Waals surface area contributed by atoms with Crippen molar-refractivity contribution >= 4 is 10.8 Å². The summed E-state index contributed by atoms with van der Waals surface area (Å²) in [5.41, 5.74) is 2.76. The van der Waals surface area contributed by atoms with E-state index in [4.69, 9.17) is 5.11 Å². The Kier molecular flexibility index (Phi) is 3.01. The minimum absolute atomic E-state index is 0.0681. The fraction of sp³-hybridized carbons (Fsp3) is 0.200. The Morgan fingerprint density at radius 2 is 1.89 bits per heavy atom. The maximum Gasteiger partial charge on any atom is 0.111 e. The topological polar surface area (TPSA) is 50.9 Å². The van der Waals surface area contributed by atoms with E-state index in [1.807, 2.05) is 23.7 Å². The molecule has 0 aliphatic carbocycles. The molecule has 4 nitrogen and oxygen atoms in total. The van der Waals surface area contributed by atoms with Crippen molar-refractivity contribution in [1.82, 2.24) is 15.0 Å². The maximum absolute atomic E-state index is 9.15. The van der Waals surface area contributed by atoms with Crippen LogP contribution >= 0.6 is 0 Å². The summed E-state index contributed by atoms with van der Waals surface area (Å²) in [7, 11) is 0. The molecule has 1 aromatic heterocycles. The molecule has 0 atom stereocenters. The predicted molar refractivity (Wildman–Crippen MR) is 73.7 cm³/mol. The molecule has 0 unspecified atom stereocenters. The number of aliphatic hydroxyl groups excluding tert-OH is 1. The van der Waals surface area contributed by atoms with Crippen molar-refractivity contribution in [3.8, 4) is 0 Å². The third-order valence-electron chi connectivity index (χ3n) is 3.43. The highest BCUT2D eigenvalue weighted by molar-refractivity contribution is 5.85. The van der Waals surface area contributed by atoms with Gasteiger partial charge < -0.3 is 5.11 Å². The molecule has 0 fully saturated rings. The van der Waals surface area contributed by atoms with Crippen LogP contribution in [0.1, 0.15) is 17.0 Å². The first-order chi connectivity index (χ1) is 9.29. The molecular formula is C15H15N3O. The fourth-order valence-corrected chi connectivity index (χ4v) is 2.28. The quantitative estimate of drug-likeness (QED) is 0.779. The highest BCUT2D eigenvalue weighted by Crippen LogP contribution is 2.19. The van der Waals surface area contributed by atoms with E-state index in [-0.39, 0.29) is 6.61 Å². The Labute approximate surface area is 111 Å². The van der Waals surface area contributed by atoms with Gasteiger partial charge in [0.05, 0.1) is 18.8 Å². The van der Waals surface area contributed by atoms with Crippen molar-refractivity contribution in [1.29, 1.82) is 0 Å². The van der Waals surface area contributed by atoms with Gasteiger partial charge in [0.15, 0.2) is 0 Å². The first-order valence-corrected chi connectivity index (χ1v) is 6.26. The lowest BCUT2D eigenvalue weighted by molar-refractivity contribution is 0.276. The van der Waals surface area contributed by atoms with Crippen LogP contribution in [0.2, 0.25) is 0 Å². The van der Waals surface area contributed by atoms with Gasteiger partial charge in [-0.05, 0) is 23.3 Å². The van der Waals surface area contributed by atoms with Gasteiger partial charge in [-0.3, -0.25) is 0 Å². The summed E-state index contributed by atoms with van der Waals surface area (Å²) >= 11 is 0. The molecule has 2 aromatic carbocycles. The number of aliphatic hydroxyl groups is 1. The number of benzene rings is 2. The number of fused-ring (bicyclic) bond motifs is 1. The Morgan fingerprint density at radius 1 is 1.11 bits per heavy atom. The van der Waals surface area contributed by atoms with E-state index >= 15 is 0 Å². The van der Waals surface area contributed by atoms with Gasteiger partial charge in [-0.25, -0.2) is 4.68 Å². The largest absolute Gasteiger partial charge is 0.390 e. The Morgan fingerprint density at radius 3 is 2.68 bits per heavy atom. The third-order valence-corrected chi connectivity index (χ3v) is 3.43. The number of nitrogens with zero attached hydrogens (tertiary/aromatic N) is 3. The molecule has 0 amide bonds. The number of hydrogen-bond acceptors (Lipinski definition) is 3. The molecule has 0 bridgehead atoms. The zero-order valence-corrected chi connectivity index (χ0v) is 10.7. The van der Waals surface area contributed by atoms with Crippen LogP contribution in [-0.4, -0.2) is 20.1 Å². The summed E-state index contributed by atoms with van der Waals surface area (Å²) < 4.78 is 1.83. The molecule has 96 valence electrons. The Bertz CT molecular complexity index is 713. The maximum atomic E-state index is 9.15. The van der Waals surface area contributed by atoms with Crippen LogP contribution < -0.4 is 0 Å². The van der Waals surface area contributed by atoms with Crippen LogP contribution in [0.15, 0.2) is 42.5 Å². The molecule has 1 heterocycles. The summed E-state index contributed by atoms with van der Waals surface area (Å²) in [6.07, 6.45) is 0. The third kappa shape index (κ3) is 2.11. The van der Waals surface area contributed by atoms with E-state index in [0.29, 0.717) is 12.2 Å². The summed E-state index contributed by atoms with van der Waals surface area (Å²) in [5.74, 6) is 0. The van der Waals surface area contributed by atoms with Crippen molar-refractivity contribution in [2.75, 3.05) is 0 Å². The number of hydrogen-bond donors (Lipinski definition) is 1. The van der Waals surface area contributed by atoms with Crippen LogP contribution in [0.3, 0.4) is 0 Å². The molecule has 0 aliphatic heterocycles. The minimum Gasteiger partial charge on any atom is -0.390 e. The van der Waals surface area contributed by atoms with Gasteiger partial charge in [-0.1, -0.05) is 47.7 Å². The van der Waals surface area contributed by atoms with Gasteiger partial charge in [-0.15, -0.1) is 5.10 Å². The monoisotopic (exact) mass is 253 g/mol. The van der Waals surface area contributed by atoms with Crippen molar-refractivity contribution in [2.45, 2.75) is 20.1 Å².